The standard InChI is InChI=1S/C12H15NO3/c1-3-5-8(2)15-12-13-11-9(14)6-4-7-10(11)16-12/h4,6-8,14H,3,5H2,1-2H3. The molecule has 0 radical (unpaired) electrons. The predicted octanol–water partition coefficient (Wildman–Crippen LogP) is 3.10. The third-order valence-electron chi connectivity index (χ3n) is 2.38. The van der Waals surface area contributed by atoms with Crippen LogP contribution in [0.4, 0.5) is 0 Å². The Morgan fingerprint density at radius 1 is 1.50 bits per heavy atom. The van der Waals surface area contributed by atoms with Gasteiger partial charge < -0.3 is 14.3 Å². The van der Waals surface area contributed by atoms with Gasteiger partial charge in [0.25, 0.3) is 0 Å². The molecule has 0 aliphatic heterocycles. The van der Waals surface area contributed by atoms with Crippen LogP contribution in [0.25, 0.3) is 11.1 Å². The van der Waals surface area contributed by atoms with Crippen molar-refractivity contribution in [2.24, 2.45) is 0 Å². The van der Waals surface area contributed by atoms with E-state index < -0.39 is 0 Å². The maximum Gasteiger partial charge on any atom is 0.395 e. The van der Waals surface area contributed by atoms with E-state index in [-0.39, 0.29) is 17.9 Å². The minimum atomic E-state index is 0.0696. The zero-order valence-corrected chi connectivity index (χ0v) is 9.43. The molecule has 1 N–H and O–H groups in total. The summed E-state index contributed by atoms with van der Waals surface area (Å²) in [5.41, 5.74) is 0.986. The highest BCUT2D eigenvalue weighted by molar-refractivity contribution is 5.79. The molecule has 4 heteroatoms. The number of phenols is 1. The second-order valence-electron chi connectivity index (χ2n) is 3.82. The number of hydrogen-bond donors (Lipinski definition) is 1. The van der Waals surface area contributed by atoms with Gasteiger partial charge >= 0.3 is 6.08 Å². The average molecular weight is 221 g/mol. The Morgan fingerprint density at radius 2 is 2.31 bits per heavy atom. The summed E-state index contributed by atoms with van der Waals surface area (Å²) in [6, 6.07) is 5.03. The second kappa shape index (κ2) is 4.43. The average Bonchev–Trinajstić information content (AvgIpc) is 2.62. The van der Waals surface area contributed by atoms with Gasteiger partial charge in [0.15, 0.2) is 11.1 Å². The van der Waals surface area contributed by atoms with Crippen LogP contribution in [0.1, 0.15) is 26.7 Å². The molecule has 2 rings (SSSR count). The Balaban J connectivity index is 2.23. The number of para-hydroxylation sites is 1. The Labute approximate surface area is 93.9 Å². The van der Waals surface area contributed by atoms with Crippen molar-refractivity contribution in [3.8, 4) is 11.8 Å². The van der Waals surface area contributed by atoms with E-state index in [4.69, 9.17) is 9.15 Å². The van der Waals surface area contributed by atoms with Crippen LogP contribution >= 0.6 is 0 Å². The van der Waals surface area contributed by atoms with Crippen LogP contribution in [0.2, 0.25) is 0 Å². The van der Waals surface area contributed by atoms with Crippen molar-refractivity contribution in [1.82, 2.24) is 4.98 Å². The SMILES string of the molecule is CCCC(C)Oc1nc2c(O)cccc2o1. The largest absolute Gasteiger partial charge is 0.506 e. The van der Waals surface area contributed by atoms with Crippen LogP contribution in [0, 0.1) is 0 Å². The number of phenolic OH excluding ortho intramolecular Hbond substituents is 1. The fourth-order valence-electron chi connectivity index (χ4n) is 1.60. The lowest BCUT2D eigenvalue weighted by Gasteiger charge is -2.08. The van der Waals surface area contributed by atoms with Crippen molar-refractivity contribution in [3.05, 3.63) is 18.2 Å². The van der Waals surface area contributed by atoms with Crippen molar-refractivity contribution < 1.29 is 14.3 Å². The first-order valence-corrected chi connectivity index (χ1v) is 5.46. The summed E-state index contributed by atoms with van der Waals surface area (Å²) in [5, 5.41) is 9.54. The molecule has 16 heavy (non-hydrogen) atoms. The quantitative estimate of drug-likeness (QED) is 0.861. The van der Waals surface area contributed by atoms with E-state index in [1.165, 1.54) is 0 Å². The van der Waals surface area contributed by atoms with Crippen LogP contribution < -0.4 is 4.74 Å². The first-order chi connectivity index (χ1) is 7.70. The van der Waals surface area contributed by atoms with Crippen molar-refractivity contribution in [3.63, 3.8) is 0 Å². The van der Waals surface area contributed by atoms with Crippen molar-refractivity contribution in [2.75, 3.05) is 0 Å². The zero-order valence-electron chi connectivity index (χ0n) is 9.43. The highest BCUT2D eigenvalue weighted by Crippen LogP contribution is 2.28. The van der Waals surface area contributed by atoms with Crippen LogP contribution in [0.5, 0.6) is 11.8 Å². The van der Waals surface area contributed by atoms with Gasteiger partial charge in [0.05, 0.1) is 0 Å². The molecule has 1 unspecified atom stereocenters. The second-order valence-corrected chi connectivity index (χ2v) is 3.82. The highest BCUT2D eigenvalue weighted by Gasteiger charge is 2.12. The van der Waals surface area contributed by atoms with Gasteiger partial charge in [-0.25, -0.2) is 0 Å². The lowest BCUT2D eigenvalue weighted by atomic mass is 10.2. The molecule has 0 aliphatic rings. The number of hydrogen-bond acceptors (Lipinski definition) is 4. The number of nitrogens with zero attached hydrogens (tertiary/aromatic N) is 1. The van der Waals surface area contributed by atoms with Crippen molar-refractivity contribution in [1.29, 1.82) is 0 Å². The van der Waals surface area contributed by atoms with Gasteiger partial charge in [-0.3, -0.25) is 0 Å². The Morgan fingerprint density at radius 3 is 3.00 bits per heavy atom. The third-order valence-corrected chi connectivity index (χ3v) is 2.38. The van der Waals surface area contributed by atoms with E-state index in [1.54, 1.807) is 18.2 Å². The van der Waals surface area contributed by atoms with Gasteiger partial charge in [-0.2, -0.15) is 4.98 Å². The molecular weight excluding hydrogens is 206 g/mol. The van der Waals surface area contributed by atoms with E-state index in [0.717, 1.165) is 12.8 Å². The number of benzene rings is 1. The molecule has 0 fully saturated rings. The fourth-order valence-corrected chi connectivity index (χ4v) is 1.60. The molecule has 1 aromatic carbocycles. The Bertz CT molecular complexity index is 478. The predicted molar refractivity (Wildman–Crippen MR) is 60.7 cm³/mol. The first kappa shape index (κ1) is 10.8. The van der Waals surface area contributed by atoms with Gasteiger partial charge in [0, 0.05) is 0 Å². The van der Waals surface area contributed by atoms with E-state index in [9.17, 15) is 5.11 Å². The molecule has 1 atom stereocenters. The minimum absolute atomic E-state index is 0.0696. The summed E-state index contributed by atoms with van der Waals surface area (Å²) in [4.78, 5) is 4.10. The first-order valence-electron chi connectivity index (χ1n) is 5.46. The number of rotatable bonds is 4. The molecule has 86 valence electrons. The molecular formula is C12H15NO3. The third kappa shape index (κ3) is 2.10. The van der Waals surface area contributed by atoms with Crippen LogP contribution in [0.15, 0.2) is 22.6 Å². The number of aromatic hydroxyl groups is 1. The number of fused-ring (bicyclic) bond motifs is 1. The molecule has 0 aliphatic carbocycles. The monoisotopic (exact) mass is 221 g/mol. The smallest absolute Gasteiger partial charge is 0.395 e. The lowest BCUT2D eigenvalue weighted by Crippen LogP contribution is -2.10. The maximum absolute atomic E-state index is 9.54. The van der Waals surface area contributed by atoms with Crippen molar-refractivity contribution in [2.45, 2.75) is 32.8 Å². The van der Waals surface area contributed by atoms with E-state index in [1.807, 2.05) is 6.92 Å². The molecule has 0 saturated carbocycles. The molecule has 4 nitrogen and oxygen atoms in total. The molecule has 2 aromatic rings. The van der Waals surface area contributed by atoms with E-state index >= 15 is 0 Å². The molecule has 0 amide bonds. The van der Waals surface area contributed by atoms with Gasteiger partial charge in [-0.1, -0.05) is 19.4 Å². The highest BCUT2D eigenvalue weighted by atomic mass is 16.6. The van der Waals surface area contributed by atoms with Crippen LogP contribution in [0.3, 0.4) is 0 Å². The summed E-state index contributed by atoms with van der Waals surface area (Å²) >= 11 is 0. The van der Waals surface area contributed by atoms with Crippen LogP contribution in [-0.2, 0) is 0 Å². The summed E-state index contributed by atoms with van der Waals surface area (Å²) in [5.74, 6) is 0.110. The lowest BCUT2D eigenvalue weighted by molar-refractivity contribution is 0.157. The van der Waals surface area contributed by atoms with Gasteiger partial charge in [0.2, 0.25) is 0 Å². The van der Waals surface area contributed by atoms with Gasteiger partial charge in [0.1, 0.15) is 11.9 Å². The fraction of sp³-hybridized carbons (Fsp3) is 0.417. The van der Waals surface area contributed by atoms with Crippen LogP contribution in [-0.4, -0.2) is 16.2 Å². The zero-order chi connectivity index (χ0) is 11.5. The summed E-state index contributed by atoms with van der Waals surface area (Å²) in [6.45, 7) is 4.07. The van der Waals surface area contributed by atoms with Crippen molar-refractivity contribution >= 4 is 11.1 Å². The topological polar surface area (TPSA) is 55.5 Å². The molecule has 0 bridgehead atoms. The number of ether oxygens (including phenoxy) is 1. The number of aromatic nitrogens is 1. The Hall–Kier alpha value is -1.71. The molecule has 0 saturated heterocycles. The minimum Gasteiger partial charge on any atom is -0.506 e. The summed E-state index contributed by atoms with van der Waals surface area (Å²) in [7, 11) is 0. The maximum atomic E-state index is 9.54. The molecule has 0 spiro atoms. The van der Waals surface area contributed by atoms with Gasteiger partial charge in [-0.15, -0.1) is 0 Å². The van der Waals surface area contributed by atoms with E-state index in [0.29, 0.717) is 11.1 Å². The normalized spacial score (nSPS) is 12.9. The molecule has 1 heterocycles. The van der Waals surface area contributed by atoms with Gasteiger partial charge in [-0.05, 0) is 25.5 Å². The van der Waals surface area contributed by atoms with E-state index in [2.05, 4.69) is 11.9 Å². The molecule has 1 aromatic heterocycles. The summed E-state index contributed by atoms with van der Waals surface area (Å²) in [6.07, 6.45) is 2.29. The number of oxazole rings is 1. The summed E-state index contributed by atoms with van der Waals surface area (Å²) < 4.78 is 10.9. The Kier molecular flexibility index (Phi) is 2.99.